The van der Waals surface area contributed by atoms with Crippen molar-refractivity contribution < 1.29 is 14.2 Å². The summed E-state index contributed by atoms with van der Waals surface area (Å²) < 4.78 is 16.5. The molecule has 1 N–H and O–H groups in total. The number of hydrogen-bond donors (Lipinski definition) is 1. The molecule has 0 saturated carbocycles. The normalized spacial score (nSPS) is 13.2. The van der Waals surface area contributed by atoms with Crippen LogP contribution in [0.25, 0.3) is 0 Å². The first-order valence-electron chi connectivity index (χ1n) is 6.22. The first-order valence-corrected chi connectivity index (χ1v) is 6.22. The van der Waals surface area contributed by atoms with Gasteiger partial charge in [0.25, 0.3) is 0 Å². The van der Waals surface area contributed by atoms with Gasteiger partial charge in [-0.15, -0.1) is 0 Å². The Balaban J connectivity index is 2.17. The van der Waals surface area contributed by atoms with Gasteiger partial charge in [0.2, 0.25) is 6.79 Å². The summed E-state index contributed by atoms with van der Waals surface area (Å²) in [7, 11) is 0. The Morgan fingerprint density at radius 3 is 2.83 bits per heavy atom. The lowest BCUT2D eigenvalue weighted by Gasteiger charge is -2.11. The third-order valence-electron chi connectivity index (χ3n) is 2.69. The van der Waals surface area contributed by atoms with Crippen LogP contribution in [0.5, 0.6) is 17.2 Å². The highest BCUT2D eigenvalue weighted by Gasteiger charge is 2.17. The fraction of sp³-hybridized carbons (Fsp3) is 0.429. The molecular weight excluding hydrogens is 230 g/mol. The Morgan fingerprint density at radius 2 is 2.11 bits per heavy atom. The van der Waals surface area contributed by atoms with E-state index in [2.05, 4.69) is 12.2 Å². The third kappa shape index (κ3) is 2.96. The monoisotopic (exact) mass is 249 g/mol. The second-order valence-electron chi connectivity index (χ2n) is 3.97. The molecule has 1 aromatic rings. The zero-order valence-electron chi connectivity index (χ0n) is 10.9. The molecule has 0 fully saturated rings. The van der Waals surface area contributed by atoms with Crippen molar-refractivity contribution in [2.75, 3.05) is 19.9 Å². The van der Waals surface area contributed by atoms with E-state index in [1.165, 1.54) is 0 Å². The van der Waals surface area contributed by atoms with Crippen LogP contribution < -0.4 is 19.5 Å². The van der Waals surface area contributed by atoms with E-state index in [-0.39, 0.29) is 6.79 Å². The first kappa shape index (κ1) is 12.8. The Bertz CT molecular complexity index is 429. The van der Waals surface area contributed by atoms with Gasteiger partial charge in [-0.25, -0.2) is 0 Å². The standard InChI is InChI=1S/C14H19NO3/c1-3-5-6-16-12-8-14-13(17-10-18-14)7-11(12)9-15-4-2/h3,5,7-8,15H,4,6,9-10H2,1-2H3/b5-3+. The maximum atomic E-state index is 5.74. The molecule has 0 atom stereocenters. The van der Waals surface area contributed by atoms with E-state index in [1.54, 1.807) is 0 Å². The molecule has 98 valence electrons. The molecular formula is C14H19NO3. The molecule has 4 heteroatoms. The van der Waals surface area contributed by atoms with E-state index in [1.807, 2.05) is 31.2 Å². The van der Waals surface area contributed by atoms with Crippen LogP contribution in [0.1, 0.15) is 19.4 Å². The number of fused-ring (bicyclic) bond motifs is 1. The van der Waals surface area contributed by atoms with E-state index in [0.29, 0.717) is 6.61 Å². The van der Waals surface area contributed by atoms with Crippen LogP contribution in [0.15, 0.2) is 24.3 Å². The van der Waals surface area contributed by atoms with Gasteiger partial charge in [-0.2, -0.15) is 0 Å². The molecule has 18 heavy (non-hydrogen) atoms. The highest BCUT2D eigenvalue weighted by atomic mass is 16.7. The van der Waals surface area contributed by atoms with Crippen molar-refractivity contribution in [2.45, 2.75) is 20.4 Å². The summed E-state index contributed by atoms with van der Waals surface area (Å²) in [6.45, 7) is 6.58. The van der Waals surface area contributed by atoms with Crippen molar-refractivity contribution in [3.05, 3.63) is 29.8 Å². The molecule has 0 aliphatic carbocycles. The molecule has 0 aromatic heterocycles. The number of nitrogens with one attached hydrogen (secondary N) is 1. The fourth-order valence-corrected chi connectivity index (χ4v) is 1.73. The lowest BCUT2D eigenvalue weighted by Crippen LogP contribution is -2.13. The molecule has 0 radical (unpaired) electrons. The summed E-state index contributed by atoms with van der Waals surface area (Å²) in [5.74, 6) is 2.39. The SMILES string of the molecule is C/C=C/COc1cc2c(cc1CNCC)OCO2. The summed E-state index contributed by atoms with van der Waals surface area (Å²) in [5, 5.41) is 3.29. The number of allylic oxidation sites excluding steroid dienone is 1. The van der Waals surface area contributed by atoms with Crippen LogP contribution in [0.2, 0.25) is 0 Å². The van der Waals surface area contributed by atoms with Gasteiger partial charge in [-0.1, -0.05) is 19.1 Å². The quantitative estimate of drug-likeness (QED) is 0.786. The summed E-state index contributed by atoms with van der Waals surface area (Å²) in [4.78, 5) is 0. The van der Waals surface area contributed by atoms with Crippen molar-refractivity contribution >= 4 is 0 Å². The highest BCUT2D eigenvalue weighted by molar-refractivity contribution is 5.51. The third-order valence-corrected chi connectivity index (χ3v) is 2.69. The summed E-state index contributed by atoms with van der Waals surface area (Å²) >= 11 is 0. The van der Waals surface area contributed by atoms with Gasteiger partial charge in [0, 0.05) is 18.2 Å². The maximum absolute atomic E-state index is 5.74. The summed E-state index contributed by atoms with van der Waals surface area (Å²) in [6.07, 6.45) is 3.94. The summed E-state index contributed by atoms with van der Waals surface area (Å²) in [6, 6.07) is 3.88. The zero-order valence-corrected chi connectivity index (χ0v) is 10.9. The molecule has 0 unspecified atom stereocenters. The molecule has 2 rings (SSSR count). The van der Waals surface area contributed by atoms with Gasteiger partial charge in [0.05, 0.1) is 0 Å². The number of hydrogen-bond acceptors (Lipinski definition) is 4. The molecule has 1 heterocycles. The van der Waals surface area contributed by atoms with E-state index < -0.39 is 0 Å². The number of benzene rings is 1. The smallest absolute Gasteiger partial charge is 0.231 e. The van der Waals surface area contributed by atoms with E-state index in [4.69, 9.17) is 14.2 Å². The van der Waals surface area contributed by atoms with Gasteiger partial charge >= 0.3 is 0 Å². The zero-order chi connectivity index (χ0) is 12.8. The van der Waals surface area contributed by atoms with Gasteiger partial charge in [-0.3, -0.25) is 0 Å². The topological polar surface area (TPSA) is 39.7 Å². The van der Waals surface area contributed by atoms with E-state index >= 15 is 0 Å². The van der Waals surface area contributed by atoms with Crippen molar-refractivity contribution in [3.63, 3.8) is 0 Å². The lowest BCUT2D eigenvalue weighted by molar-refractivity contribution is 0.174. The minimum absolute atomic E-state index is 0.286. The van der Waals surface area contributed by atoms with Gasteiger partial charge in [-0.05, 0) is 19.5 Å². The predicted octanol–water partition coefficient (Wildman–Crippen LogP) is 2.48. The fourth-order valence-electron chi connectivity index (χ4n) is 1.73. The van der Waals surface area contributed by atoms with Crippen molar-refractivity contribution in [1.29, 1.82) is 0 Å². The van der Waals surface area contributed by atoms with Crippen LogP contribution in [-0.4, -0.2) is 19.9 Å². The maximum Gasteiger partial charge on any atom is 0.231 e. The minimum Gasteiger partial charge on any atom is -0.489 e. The number of ether oxygens (including phenoxy) is 3. The van der Waals surface area contributed by atoms with Crippen LogP contribution in [0.3, 0.4) is 0 Å². The molecule has 4 nitrogen and oxygen atoms in total. The Labute approximate surface area is 108 Å². The van der Waals surface area contributed by atoms with Crippen LogP contribution in [0, 0.1) is 0 Å². The van der Waals surface area contributed by atoms with Crippen molar-refractivity contribution in [1.82, 2.24) is 5.32 Å². The van der Waals surface area contributed by atoms with Gasteiger partial charge in [0.1, 0.15) is 12.4 Å². The second kappa shape index (κ2) is 6.31. The molecule has 0 saturated heterocycles. The largest absolute Gasteiger partial charge is 0.489 e. The van der Waals surface area contributed by atoms with Gasteiger partial charge in [0.15, 0.2) is 11.5 Å². The van der Waals surface area contributed by atoms with Crippen molar-refractivity contribution in [2.24, 2.45) is 0 Å². The molecule has 0 spiro atoms. The van der Waals surface area contributed by atoms with E-state index in [0.717, 1.165) is 35.9 Å². The predicted molar refractivity (Wildman–Crippen MR) is 70.3 cm³/mol. The van der Waals surface area contributed by atoms with Gasteiger partial charge < -0.3 is 19.5 Å². The summed E-state index contributed by atoms with van der Waals surface area (Å²) in [5.41, 5.74) is 1.09. The van der Waals surface area contributed by atoms with Crippen LogP contribution >= 0.6 is 0 Å². The molecule has 0 amide bonds. The lowest BCUT2D eigenvalue weighted by atomic mass is 10.1. The number of rotatable bonds is 6. The minimum atomic E-state index is 0.286. The van der Waals surface area contributed by atoms with E-state index in [9.17, 15) is 0 Å². The molecule has 0 bridgehead atoms. The molecule has 1 aliphatic heterocycles. The molecule has 1 aromatic carbocycles. The van der Waals surface area contributed by atoms with Crippen LogP contribution in [0.4, 0.5) is 0 Å². The Morgan fingerprint density at radius 1 is 1.33 bits per heavy atom. The van der Waals surface area contributed by atoms with Crippen LogP contribution in [-0.2, 0) is 6.54 Å². The second-order valence-corrected chi connectivity index (χ2v) is 3.97. The highest BCUT2D eigenvalue weighted by Crippen LogP contribution is 2.38. The average Bonchev–Trinajstić information content (AvgIpc) is 2.83. The Kier molecular flexibility index (Phi) is 4.47. The first-order chi connectivity index (χ1) is 8.85. The van der Waals surface area contributed by atoms with Crippen molar-refractivity contribution in [3.8, 4) is 17.2 Å². The molecule has 1 aliphatic rings. The Hall–Kier alpha value is -1.68. The average molecular weight is 249 g/mol.